The summed E-state index contributed by atoms with van der Waals surface area (Å²) in [5, 5.41) is 10.6. The standard InChI is InChI=1S/C15H14N2O2/c1-17-9-11(10-19-13-3-2-6-16-8-13)14-5-4-12(18)7-15(14)17/h2-9,18H,10H2,1H3. The lowest BCUT2D eigenvalue weighted by atomic mass is 10.2. The van der Waals surface area contributed by atoms with E-state index in [1.54, 1.807) is 24.5 Å². The predicted molar refractivity (Wildman–Crippen MR) is 73.2 cm³/mol. The number of hydrogen-bond acceptors (Lipinski definition) is 3. The van der Waals surface area contributed by atoms with Crippen molar-refractivity contribution in [2.24, 2.45) is 7.05 Å². The Morgan fingerprint density at radius 1 is 1.32 bits per heavy atom. The van der Waals surface area contributed by atoms with Crippen LogP contribution in [-0.4, -0.2) is 14.7 Å². The predicted octanol–water partition coefficient (Wildman–Crippen LogP) is 2.86. The zero-order valence-electron chi connectivity index (χ0n) is 10.6. The third kappa shape index (κ3) is 2.25. The van der Waals surface area contributed by atoms with Gasteiger partial charge in [-0.15, -0.1) is 0 Å². The number of aryl methyl sites for hydroxylation is 1. The van der Waals surface area contributed by atoms with Crippen LogP contribution in [0.25, 0.3) is 10.9 Å². The molecular weight excluding hydrogens is 240 g/mol. The normalized spacial score (nSPS) is 10.8. The average Bonchev–Trinajstić information content (AvgIpc) is 2.74. The molecule has 0 aliphatic heterocycles. The van der Waals surface area contributed by atoms with Gasteiger partial charge in [-0.05, 0) is 24.3 Å². The summed E-state index contributed by atoms with van der Waals surface area (Å²) >= 11 is 0. The largest absolute Gasteiger partial charge is 0.508 e. The Morgan fingerprint density at radius 2 is 2.21 bits per heavy atom. The van der Waals surface area contributed by atoms with Gasteiger partial charge in [0.15, 0.2) is 0 Å². The lowest BCUT2D eigenvalue weighted by Gasteiger charge is -2.04. The number of hydrogen-bond donors (Lipinski definition) is 1. The maximum Gasteiger partial charge on any atom is 0.138 e. The smallest absolute Gasteiger partial charge is 0.138 e. The summed E-state index contributed by atoms with van der Waals surface area (Å²) in [6.07, 6.45) is 5.42. The van der Waals surface area contributed by atoms with Gasteiger partial charge >= 0.3 is 0 Å². The van der Waals surface area contributed by atoms with E-state index in [2.05, 4.69) is 4.98 Å². The van der Waals surface area contributed by atoms with E-state index in [1.165, 1.54) is 0 Å². The van der Waals surface area contributed by atoms with Crippen LogP contribution < -0.4 is 4.74 Å². The molecule has 0 unspecified atom stereocenters. The summed E-state index contributed by atoms with van der Waals surface area (Å²) in [7, 11) is 1.95. The first-order valence-electron chi connectivity index (χ1n) is 6.04. The number of aromatic hydroxyl groups is 1. The van der Waals surface area contributed by atoms with Crippen molar-refractivity contribution in [3.05, 3.63) is 54.5 Å². The molecule has 0 atom stereocenters. The Kier molecular flexibility index (Phi) is 2.83. The highest BCUT2D eigenvalue weighted by atomic mass is 16.5. The Balaban J connectivity index is 1.89. The molecule has 0 bridgehead atoms. The quantitative estimate of drug-likeness (QED) is 0.781. The fourth-order valence-electron chi connectivity index (χ4n) is 2.16. The molecule has 0 aliphatic rings. The van der Waals surface area contributed by atoms with Crippen LogP contribution in [0.15, 0.2) is 48.9 Å². The number of nitrogens with zero attached hydrogens (tertiary/aromatic N) is 2. The lowest BCUT2D eigenvalue weighted by Crippen LogP contribution is -1.94. The Morgan fingerprint density at radius 3 is 3.00 bits per heavy atom. The van der Waals surface area contributed by atoms with Gasteiger partial charge in [-0.3, -0.25) is 4.98 Å². The number of phenols is 1. The summed E-state index contributed by atoms with van der Waals surface area (Å²) in [5.41, 5.74) is 2.08. The Hall–Kier alpha value is -2.49. The van der Waals surface area contributed by atoms with Crippen molar-refractivity contribution in [2.45, 2.75) is 6.61 Å². The van der Waals surface area contributed by atoms with Crippen LogP contribution in [0.1, 0.15) is 5.56 Å². The van der Waals surface area contributed by atoms with Crippen LogP contribution in [-0.2, 0) is 13.7 Å². The van der Waals surface area contributed by atoms with Crippen molar-refractivity contribution >= 4 is 10.9 Å². The van der Waals surface area contributed by atoms with Gasteiger partial charge in [-0.2, -0.15) is 0 Å². The maximum absolute atomic E-state index is 9.52. The molecule has 96 valence electrons. The fraction of sp³-hybridized carbons (Fsp3) is 0.133. The highest BCUT2D eigenvalue weighted by Gasteiger charge is 2.07. The van der Waals surface area contributed by atoms with Gasteiger partial charge in [0, 0.05) is 36.5 Å². The summed E-state index contributed by atoms with van der Waals surface area (Å²) in [6, 6.07) is 9.08. The molecule has 4 nitrogen and oxygen atoms in total. The van der Waals surface area contributed by atoms with Crippen LogP contribution in [0, 0.1) is 0 Å². The van der Waals surface area contributed by atoms with Gasteiger partial charge < -0.3 is 14.4 Å². The molecule has 0 saturated carbocycles. The van der Waals surface area contributed by atoms with E-state index in [-0.39, 0.29) is 5.75 Å². The van der Waals surface area contributed by atoms with Crippen molar-refractivity contribution in [1.29, 1.82) is 0 Å². The molecule has 0 aliphatic carbocycles. The van der Waals surface area contributed by atoms with Crippen LogP contribution >= 0.6 is 0 Å². The van der Waals surface area contributed by atoms with Crippen molar-refractivity contribution in [1.82, 2.24) is 9.55 Å². The highest BCUT2D eigenvalue weighted by Crippen LogP contribution is 2.25. The zero-order valence-corrected chi connectivity index (χ0v) is 10.6. The van der Waals surface area contributed by atoms with E-state index < -0.39 is 0 Å². The van der Waals surface area contributed by atoms with E-state index in [0.717, 1.165) is 22.2 Å². The summed E-state index contributed by atoms with van der Waals surface area (Å²) in [5.74, 6) is 1.02. The SMILES string of the molecule is Cn1cc(COc2cccnc2)c2ccc(O)cc21. The number of fused-ring (bicyclic) bond motifs is 1. The van der Waals surface area contributed by atoms with E-state index in [0.29, 0.717) is 6.61 Å². The molecule has 0 spiro atoms. The zero-order chi connectivity index (χ0) is 13.2. The first-order valence-corrected chi connectivity index (χ1v) is 6.04. The molecule has 1 N–H and O–H groups in total. The maximum atomic E-state index is 9.52. The van der Waals surface area contributed by atoms with Crippen LogP contribution in [0.2, 0.25) is 0 Å². The molecule has 19 heavy (non-hydrogen) atoms. The molecule has 2 aromatic heterocycles. The second kappa shape index (κ2) is 4.65. The monoisotopic (exact) mass is 254 g/mol. The second-order valence-corrected chi connectivity index (χ2v) is 4.44. The highest BCUT2D eigenvalue weighted by molar-refractivity contribution is 5.85. The first-order chi connectivity index (χ1) is 9.24. The van der Waals surface area contributed by atoms with Gasteiger partial charge in [0.05, 0.1) is 11.7 Å². The van der Waals surface area contributed by atoms with Gasteiger partial charge in [-0.25, -0.2) is 0 Å². The molecule has 0 fully saturated rings. The van der Waals surface area contributed by atoms with Crippen molar-refractivity contribution in [3.63, 3.8) is 0 Å². The third-order valence-corrected chi connectivity index (χ3v) is 3.09. The van der Waals surface area contributed by atoms with E-state index in [1.807, 2.05) is 36.0 Å². The van der Waals surface area contributed by atoms with Gasteiger partial charge in [0.2, 0.25) is 0 Å². The minimum absolute atomic E-state index is 0.272. The second-order valence-electron chi connectivity index (χ2n) is 4.44. The van der Waals surface area contributed by atoms with Gasteiger partial charge in [-0.1, -0.05) is 0 Å². The van der Waals surface area contributed by atoms with E-state index >= 15 is 0 Å². The van der Waals surface area contributed by atoms with Gasteiger partial charge in [0.1, 0.15) is 18.1 Å². The minimum Gasteiger partial charge on any atom is -0.508 e. The molecule has 3 aromatic rings. The summed E-state index contributed by atoms with van der Waals surface area (Å²) in [6.45, 7) is 0.480. The van der Waals surface area contributed by atoms with Crippen molar-refractivity contribution in [3.8, 4) is 11.5 Å². The molecule has 0 saturated heterocycles. The van der Waals surface area contributed by atoms with Gasteiger partial charge in [0.25, 0.3) is 0 Å². The molecule has 2 heterocycles. The molecule has 1 aromatic carbocycles. The number of phenolic OH excluding ortho intramolecular Hbond substituents is 1. The van der Waals surface area contributed by atoms with Crippen molar-refractivity contribution < 1.29 is 9.84 Å². The molecule has 0 amide bonds. The third-order valence-electron chi connectivity index (χ3n) is 3.09. The van der Waals surface area contributed by atoms with Crippen molar-refractivity contribution in [2.75, 3.05) is 0 Å². The van der Waals surface area contributed by atoms with E-state index in [9.17, 15) is 5.11 Å². The summed E-state index contributed by atoms with van der Waals surface area (Å²) in [4.78, 5) is 4.01. The Bertz CT molecular complexity index is 705. The van der Waals surface area contributed by atoms with E-state index in [4.69, 9.17) is 4.74 Å². The number of rotatable bonds is 3. The minimum atomic E-state index is 0.272. The molecule has 4 heteroatoms. The first kappa shape index (κ1) is 11.6. The lowest BCUT2D eigenvalue weighted by molar-refractivity contribution is 0.306. The number of ether oxygens (including phenoxy) is 1. The number of benzene rings is 1. The number of aromatic nitrogens is 2. The summed E-state index contributed by atoms with van der Waals surface area (Å²) < 4.78 is 7.69. The van der Waals surface area contributed by atoms with Crippen LogP contribution in [0.4, 0.5) is 0 Å². The average molecular weight is 254 g/mol. The van der Waals surface area contributed by atoms with Crippen LogP contribution in [0.5, 0.6) is 11.5 Å². The molecule has 3 rings (SSSR count). The number of pyridine rings is 1. The Labute approximate surface area is 110 Å². The molecular formula is C15H14N2O2. The molecule has 0 radical (unpaired) electrons. The fourth-order valence-corrected chi connectivity index (χ4v) is 2.16. The van der Waals surface area contributed by atoms with Crippen LogP contribution in [0.3, 0.4) is 0 Å². The topological polar surface area (TPSA) is 47.3 Å².